The lowest BCUT2D eigenvalue weighted by atomic mass is 9.62. The summed E-state index contributed by atoms with van der Waals surface area (Å²) in [5.74, 6) is -7.63. The molecule has 0 aliphatic carbocycles. The molecule has 13 heteroatoms. The topological polar surface area (TPSA) is 156 Å². The molecule has 3 aromatic carbocycles. The molecule has 230 valence electrons. The molecule has 6 N–H and O–H groups in total. The Morgan fingerprint density at radius 1 is 1.00 bits per heavy atom. The number of benzene rings is 3. The summed E-state index contributed by atoms with van der Waals surface area (Å²) in [4.78, 5) is 54.2. The molecule has 1 saturated heterocycles. The summed E-state index contributed by atoms with van der Waals surface area (Å²) in [5.41, 5.74) is 7.83. The summed E-state index contributed by atoms with van der Waals surface area (Å²) in [6.07, 6.45) is 0.0611. The van der Waals surface area contributed by atoms with Crippen molar-refractivity contribution in [3.63, 3.8) is 0 Å². The molecule has 2 aliphatic rings. The maximum Gasteiger partial charge on any atom is 0.327 e. The number of nitrogens with two attached hydrogens (primary N) is 2. The van der Waals surface area contributed by atoms with Gasteiger partial charge in [0.15, 0.2) is 5.82 Å². The quantitative estimate of drug-likeness (QED) is 0.288. The van der Waals surface area contributed by atoms with E-state index in [0.29, 0.717) is 0 Å². The van der Waals surface area contributed by atoms with Gasteiger partial charge >= 0.3 is 5.97 Å². The Kier molecular flexibility index (Phi) is 7.62. The van der Waals surface area contributed by atoms with Crippen molar-refractivity contribution >= 4 is 58.3 Å². The average Bonchev–Trinajstić information content (AvgIpc) is 3.39. The van der Waals surface area contributed by atoms with Crippen LogP contribution in [0.4, 0.5) is 20.2 Å². The van der Waals surface area contributed by atoms with Crippen molar-refractivity contribution in [1.29, 1.82) is 0 Å². The molecule has 5 rings (SSSR count). The minimum absolute atomic E-state index is 0.0449. The van der Waals surface area contributed by atoms with Gasteiger partial charge in [0.1, 0.15) is 17.3 Å². The van der Waals surface area contributed by atoms with Crippen LogP contribution in [0.5, 0.6) is 0 Å². The van der Waals surface area contributed by atoms with Crippen LogP contribution in [0.2, 0.25) is 10.0 Å². The highest BCUT2D eigenvalue weighted by atomic mass is 35.5. The Morgan fingerprint density at radius 3 is 2.25 bits per heavy atom. The highest BCUT2D eigenvalue weighted by Gasteiger charge is 2.70. The number of rotatable bonds is 6. The zero-order valence-electron chi connectivity index (χ0n) is 23.8. The number of hydrogen-bond donors (Lipinski definition) is 4. The fourth-order valence-corrected chi connectivity index (χ4v) is 7.07. The fourth-order valence-electron chi connectivity index (χ4n) is 6.73. The van der Waals surface area contributed by atoms with Gasteiger partial charge in [-0.15, -0.1) is 0 Å². The van der Waals surface area contributed by atoms with E-state index in [9.17, 15) is 24.3 Å². The van der Waals surface area contributed by atoms with Crippen LogP contribution >= 0.6 is 23.2 Å². The number of primary amides is 2. The molecule has 3 aromatic rings. The van der Waals surface area contributed by atoms with Crippen LogP contribution in [0.3, 0.4) is 0 Å². The van der Waals surface area contributed by atoms with E-state index in [2.05, 4.69) is 5.32 Å². The first-order valence-electron chi connectivity index (χ1n) is 13.5. The number of hydrogen-bond acceptors (Lipinski definition) is 5. The number of aliphatic carboxylic acids is 1. The maximum absolute atomic E-state index is 16.0. The summed E-state index contributed by atoms with van der Waals surface area (Å²) in [7, 11) is 0. The normalized spacial score (nSPS) is 22.7. The van der Waals surface area contributed by atoms with Crippen molar-refractivity contribution in [3.8, 4) is 0 Å². The largest absolute Gasteiger partial charge is 0.480 e. The van der Waals surface area contributed by atoms with Gasteiger partial charge in [0.25, 0.3) is 5.91 Å². The Balaban J connectivity index is 2.00. The SMILES string of the molecule is CC(C)(C)C[C@@H]1N(c2cc(C(N)=O)ccc2C(N)=O)[C@@H](C(=O)O)[C@H](c2cccc(Cl)c2F)C12C(=O)Nc1c2ccc(Cl)c1F. The molecular weight excluding hydrogens is 617 g/mol. The number of fused-ring (bicyclic) bond motifs is 2. The number of amides is 3. The van der Waals surface area contributed by atoms with Crippen molar-refractivity contribution in [2.75, 3.05) is 10.2 Å². The summed E-state index contributed by atoms with van der Waals surface area (Å²) < 4.78 is 31.6. The first kappa shape index (κ1) is 31.2. The molecule has 0 aromatic heterocycles. The van der Waals surface area contributed by atoms with E-state index in [1.165, 1.54) is 53.4 Å². The predicted molar refractivity (Wildman–Crippen MR) is 161 cm³/mol. The number of carbonyl (C=O) groups excluding carboxylic acids is 3. The predicted octanol–water partition coefficient (Wildman–Crippen LogP) is 5.22. The third-order valence-corrected chi connectivity index (χ3v) is 8.91. The fraction of sp³-hybridized carbons (Fsp3) is 0.290. The van der Waals surface area contributed by atoms with Gasteiger partial charge in [-0.25, -0.2) is 13.6 Å². The van der Waals surface area contributed by atoms with E-state index >= 15 is 8.78 Å². The lowest BCUT2D eigenvalue weighted by molar-refractivity contribution is -0.139. The molecule has 4 atom stereocenters. The number of carboxylic acids is 1. The summed E-state index contributed by atoms with van der Waals surface area (Å²) in [5, 5.41) is 12.8. The molecule has 0 saturated carbocycles. The van der Waals surface area contributed by atoms with Gasteiger partial charge in [-0.05, 0) is 53.3 Å². The molecule has 1 unspecified atom stereocenters. The van der Waals surface area contributed by atoms with E-state index in [0.717, 1.165) is 0 Å². The third kappa shape index (κ3) is 4.66. The minimum atomic E-state index is -1.99. The lowest BCUT2D eigenvalue weighted by Crippen LogP contribution is -2.51. The Bertz CT molecular complexity index is 1760. The van der Waals surface area contributed by atoms with Gasteiger partial charge in [0.2, 0.25) is 11.8 Å². The first-order valence-corrected chi connectivity index (χ1v) is 14.3. The van der Waals surface area contributed by atoms with Gasteiger partial charge in [0, 0.05) is 17.5 Å². The second kappa shape index (κ2) is 10.7. The second-order valence-corrected chi connectivity index (χ2v) is 13.0. The molecule has 9 nitrogen and oxygen atoms in total. The smallest absolute Gasteiger partial charge is 0.327 e. The molecule has 44 heavy (non-hydrogen) atoms. The molecule has 3 amide bonds. The van der Waals surface area contributed by atoms with Crippen molar-refractivity contribution < 1.29 is 33.1 Å². The number of nitrogens with one attached hydrogen (secondary N) is 1. The Hall–Kier alpha value is -4.22. The zero-order chi connectivity index (χ0) is 32.5. The van der Waals surface area contributed by atoms with Crippen molar-refractivity contribution in [2.24, 2.45) is 16.9 Å². The number of carbonyl (C=O) groups is 4. The van der Waals surface area contributed by atoms with Crippen LogP contribution in [0.1, 0.15) is 65.0 Å². The highest BCUT2D eigenvalue weighted by molar-refractivity contribution is 6.31. The van der Waals surface area contributed by atoms with Crippen molar-refractivity contribution in [2.45, 2.75) is 50.6 Å². The monoisotopic (exact) mass is 644 g/mol. The minimum Gasteiger partial charge on any atom is -0.480 e. The molecular formula is C31H28Cl2F2N4O5. The Morgan fingerprint density at radius 2 is 1.66 bits per heavy atom. The van der Waals surface area contributed by atoms with Crippen LogP contribution in [0.25, 0.3) is 0 Å². The summed E-state index contributed by atoms with van der Waals surface area (Å²) >= 11 is 12.3. The van der Waals surface area contributed by atoms with Gasteiger partial charge in [-0.2, -0.15) is 0 Å². The number of anilines is 2. The second-order valence-electron chi connectivity index (χ2n) is 12.2. The average molecular weight is 645 g/mol. The molecule has 2 aliphatic heterocycles. The van der Waals surface area contributed by atoms with Gasteiger partial charge < -0.3 is 26.8 Å². The zero-order valence-corrected chi connectivity index (χ0v) is 25.3. The molecule has 0 radical (unpaired) electrons. The molecule has 0 bridgehead atoms. The van der Waals surface area contributed by atoms with Crippen LogP contribution in [0, 0.1) is 17.0 Å². The first-order chi connectivity index (χ1) is 20.5. The summed E-state index contributed by atoms with van der Waals surface area (Å²) in [6.45, 7) is 5.52. The van der Waals surface area contributed by atoms with Crippen molar-refractivity contribution in [1.82, 2.24) is 0 Å². The van der Waals surface area contributed by atoms with Crippen LogP contribution in [-0.2, 0) is 15.0 Å². The molecule has 1 fully saturated rings. The molecule has 2 heterocycles. The molecule has 1 spiro atoms. The van der Waals surface area contributed by atoms with Gasteiger partial charge in [-0.3, -0.25) is 14.4 Å². The van der Waals surface area contributed by atoms with E-state index in [4.69, 9.17) is 34.7 Å². The number of halogens is 4. The van der Waals surface area contributed by atoms with E-state index in [1.54, 1.807) is 0 Å². The van der Waals surface area contributed by atoms with Gasteiger partial charge in [-0.1, -0.05) is 62.2 Å². The lowest BCUT2D eigenvalue weighted by Gasteiger charge is -2.40. The Labute approximate surface area is 261 Å². The van der Waals surface area contributed by atoms with E-state index in [-0.39, 0.29) is 50.1 Å². The van der Waals surface area contributed by atoms with Gasteiger partial charge in [0.05, 0.1) is 27.0 Å². The highest BCUT2D eigenvalue weighted by Crippen LogP contribution is 2.61. The van der Waals surface area contributed by atoms with Crippen LogP contribution in [-0.4, -0.2) is 40.9 Å². The van der Waals surface area contributed by atoms with E-state index < -0.39 is 64.2 Å². The number of carboxylic acid groups (broad SMARTS) is 1. The third-order valence-electron chi connectivity index (χ3n) is 8.32. The maximum atomic E-state index is 16.0. The van der Waals surface area contributed by atoms with Crippen molar-refractivity contribution in [3.05, 3.63) is 92.5 Å². The standard InChI is InChI=1S/C31H28Cl2F2N4O5/c1-30(2,3)12-20-31(16-9-10-18(33)23(35)24(16)38-29(31)44)21(15-5-4-6-17(32)22(15)34)25(28(42)43)39(20)19-11-13(26(36)40)7-8-14(19)27(37)41/h4-11,20-21,25H,12H2,1-3H3,(H2,36,40)(H2,37,41)(H,38,44)(H,42,43)/t20-,21-,25+,31?/m0/s1. The van der Waals surface area contributed by atoms with Crippen LogP contribution in [0.15, 0.2) is 48.5 Å². The number of nitrogens with zero attached hydrogens (tertiary/aromatic N) is 1. The van der Waals surface area contributed by atoms with Crippen LogP contribution < -0.4 is 21.7 Å². The van der Waals surface area contributed by atoms with E-state index in [1.807, 2.05) is 20.8 Å². The summed E-state index contributed by atoms with van der Waals surface area (Å²) in [6, 6.07) is 7.38.